The second-order valence-electron chi connectivity index (χ2n) is 2.83. The second kappa shape index (κ2) is 2.19. The second-order valence-corrected chi connectivity index (χ2v) is 2.83. The molecule has 0 saturated carbocycles. The van der Waals surface area contributed by atoms with E-state index in [2.05, 4.69) is 4.74 Å². The molecule has 2 heterocycles. The maximum atomic E-state index is 11.1. The molecule has 2 fully saturated rings. The Morgan fingerprint density at radius 3 is 3.18 bits per heavy atom. The fourth-order valence-electron chi connectivity index (χ4n) is 1.46. The standard InChI is InChI=1S/C7H10O4/c1-9-6(8)7-4-10-3-2-5(7)11-7/h5H,2-4H2,1H3. The van der Waals surface area contributed by atoms with Crippen molar-refractivity contribution >= 4 is 5.97 Å². The maximum Gasteiger partial charge on any atom is 0.343 e. The Morgan fingerprint density at radius 1 is 1.73 bits per heavy atom. The molecule has 0 aliphatic carbocycles. The first-order chi connectivity index (χ1) is 5.29. The van der Waals surface area contributed by atoms with Crippen LogP contribution in [-0.4, -0.2) is 38.0 Å². The number of ether oxygens (including phenoxy) is 3. The molecule has 11 heavy (non-hydrogen) atoms. The molecule has 0 aromatic heterocycles. The molecule has 0 amide bonds. The Bertz CT molecular complexity index is 191. The molecule has 4 nitrogen and oxygen atoms in total. The number of esters is 1. The number of hydrogen-bond acceptors (Lipinski definition) is 4. The lowest BCUT2D eigenvalue weighted by Crippen LogP contribution is -2.37. The van der Waals surface area contributed by atoms with Gasteiger partial charge in [-0.15, -0.1) is 0 Å². The van der Waals surface area contributed by atoms with Gasteiger partial charge in [-0.3, -0.25) is 0 Å². The summed E-state index contributed by atoms with van der Waals surface area (Å²) in [6.45, 7) is 1.04. The van der Waals surface area contributed by atoms with Crippen LogP contribution in [0.25, 0.3) is 0 Å². The van der Waals surface area contributed by atoms with Crippen molar-refractivity contribution in [2.45, 2.75) is 18.1 Å². The van der Waals surface area contributed by atoms with E-state index >= 15 is 0 Å². The quantitative estimate of drug-likeness (QED) is 0.389. The predicted octanol–water partition coefficient (Wildman–Crippen LogP) is -0.283. The van der Waals surface area contributed by atoms with Crippen LogP contribution in [0.2, 0.25) is 0 Å². The van der Waals surface area contributed by atoms with Gasteiger partial charge in [-0.2, -0.15) is 0 Å². The van der Waals surface area contributed by atoms with Crippen LogP contribution < -0.4 is 0 Å². The van der Waals surface area contributed by atoms with Gasteiger partial charge in [-0.05, 0) is 0 Å². The fraction of sp³-hybridized carbons (Fsp3) is 0.857. The molecule has 0 aromatic rings. The lowest BCUT2D eigenvalue weighted by Gasteiger charge is -2.14. The lowest BCUT2D eigenvalue weighted by molar-refractivity contribution is -0.149. The summed E-state index contributed by atoms with van der Waals surface area (Å²) in [7, 11) is 1.37. The highest BCUT2D eigenvalue weighted by atomic mass is 16.7. The highest BCUT2D eigenvalue weighted by Crippen LogP contribution is 2.42. The monoisotopic (exact) mass is 158 g/mol. The third kappa shape index (κ3) is 0.862. The van der Waals surface area contributed by atoms with Crippen LogP contribution in [-0.2, 0) is 19.0 Å². The van der Waals surface area contributed by atoms with Gasteiger partial charge >= 0.3 is 5.97 Å². The van der Waals surface area contributed by atoms with Crippen molar-refractivity contribution in [1.82, 2.24) is 0 Å². The number of methoxy groups -OCH3 is 1. The van der Waals surface area contributed by atoms with E-state index in [9.17, 15) is 4.79 Å². The van der Waals surface area contributed by atoms with Crippen LogP contribution in [0.1, 0.15) is 6.42 Å². The minimum Gasteiger partial charge on any atom is -0.467 e. The molecular formula is C7H10O4. The van der Waals surface area contributed by atoms with Gasteiger partial charge in [-0.1, -0.05) is 0 Å². The molecule has 2 aliphatic rings. The van der Waals surface area contributed by atoms with Gasteiger partial charge in [-0.25, -0.2) is 4.79 Å². The van der Waals surface area contributed by atoms with Gasteiger partial charge in [0.2, 0.25) is 5.60 Å². The van der Waals surface area contributed by atoms with Crippen LogP contribution >= 0.6 is 0 Å². The summed E-state index contributed by atoms with van der Waals surface area (Å²) in [6, 6.07) is 0. The minimum absolute atomic E-state index is 0.0451. The smallest absolute Gasteiger partial charge is 0.343 e. The number of rotatable bonds is 1. The van der Waals surface area contributed by atoms with Gasteiger partial charge in [0.15, 0.2) is 0 Å². The zero-order chi connectivity index (χ0) is 7.90. The van der Waals surface area contributed by atoms with Crippen LogP contribution in [0.4, 0.5) is 0 Å². The zero-order valence-corrected chi connectivity index (χ0v) is 6.33. The van der Waals surface area contributed by atoms with E-state index in [1.807, 2.05) is 0 Å². The lowest BCUT2D eigenvalue weighted by atomic mass is 10.0. The van der Waals surface area contributed by atoms with Crippen molar-refractivity contribution in [3.8, 4) is 0 Å². The largest absolute Gasteiger partial charge is 0.467 e. The van der Waals surface area contributed by atoms with Gasteiger partial charge in [0, 0.05) is 13.0 Å². The Labute approximate surface area is 64.4 Å². The summed E-state index contributed by atoms with van der Waals surface area (Å²) < 4.78 is 14.9. The van der Waals surface area contributed by atoms with Crippen molar-refractivity contribution in [3.63, 3.8) is 0 Å². The van der Waals surface area contributed by atoms with Crippen LogP contribution in [0.3, 0.4) is 0 Å². The third-order valence-corrected chi connectivity index (χ3v) is 2.19. The van der Waals surface area contributed by atoms with Crippen LogP contribution in [0, 0.1) is 0 Å². The Kier molecular flexibility index (Phi) is 1.40. The topological polar surface area (TPSA) is 48.1 Å². The van der Waals surface area contributed by atoms with Crippen molar-refractivity contribution in [3.05, 3.63) is 0 Å². The molecule has 0 N–H and O–H groups in total. The highest BCUT2D eigenvalue weighted by Gasteiger charge is 2.65. The summed E-state index contributed by atoms with van der Waals surface area (Å²) in [4.78, 5) is 11.1. The first-order valence-corrected chi connectivity index (χ1v) is 3.63. The van der Waals surface area contributed by atoms with Gasteiger partial charge in [0.05, 0.1) is 13.7 Å². The average Bonchev–Trinajstić information content (AvgIpc) is 2.78. The number of hydrogen-bond donors (Lipinski definition) is 0. The zero-order valence-electron chi connectivity index (χ0n) is 6.33. The van der Waals surface area contributed by atoms with E-state index in [0.29, 0.717) is 13.2 Å². The highest BCUT2D eigenvalue weighted by molar-refractivity contribution is 5.83. The molecule has 2 unspecified atom stereocenters. The molecule has 0 spiro atoms. The molecule has 4 heteroatoms. The maximum absolute atomic E-state index is 11.1. The summed E-state index contributed by atoms with van der Waals surface area (Å²) in [5.41, 5.74) is -0.729. The first kappa shape index (κ1) is 7.06. The van der Waals surface area contributed by atoms with E-state index in [1.54, 1.807) is 0 Å². The molecular weight excluding hydrogens is 148 g/mol. The van der Waals surface area contributed by atoms with Crippen molar-refractivity contribution in [2.75, 3.05) is 20.3 Å². The number of fused-ring (bicyclic) bond motifs is 1. The summed E-state index contributed by atoms with van der Waals surface area (Å²) in [6.07, 6.45) is 0.846. The number of carbonyl (C=O) groups is 1. The Balaban J connectivity index is 2.07. The van der Waals surface area contributed by atoms with Crippen LogP contribution in [0.5, 0.6) is 0 Å². The van der Waals surface area contributed by atoms with Gasteiger partial charge in [0.1, 0.15) is 6.10 Å². The van der Waals surface area contributed by atoms with Crippen LogP contribution in [0.15, 0.2) is 0 Å². The van der Waals surface area contributed by atoms with Gasteiger partial charge in [0.25, 0.3) is 0 Å². The molecule has 2 saturated heterocycles. The SMILES string of the molecule is COC(=O)C12COCCC1O2. The van der Waals surface area contributed by atoms with Crippen molar-refractivity contribution < 1.29 is 19.0 Å². The predicted molar refractivity (Wildman–Crippen MR) is 35.1 cm³/mol. The minimum atomic E-state index is -0.729. The fourth-order valence-corrected chi connectivity index (χ4v) is 1.46. The molecule has 0 aromatic carbocycles. The summed E-state index contributed by atoms with van der Waals surface area (Å²) >= 11 is 0. The average molecular weight is 158 g/mol. The normalized spacial score (nSPS) is 41.0. The molecule has 0 radical (unpaired) electrons. The van der Waals surface area contributed by atoms with Crippen molar-refractivity contribution in [1.29, 1.82) is 0 Å². The Morgan fingerprint density at radius 2 is 2.55 bits per heavy atom. The molecule has 2 aliphatic heterocycles. The third-order valence-electron chi connectivity index (χ3n) is 2.19. The Hall–Kier alpha value is -0.610. The van der Waals surface area contributed by atoms with E-state index in [0.717, 1.165) is 6.42 Å². The first-order valence-electron chi connectivity index (χ1n) is 3.63. The molecule has 0 bridgehead atoms. The van der Waals surface area contributed by atoms with E-state index in [-0.39, 0.29) is 12.1 Å². The van der Waals surface area contributed by atoms with E-state index < -0.39 is 5.60 Å². The summed E-state index contributed by atoms with van der Waals surface area (Å²) in [5.74, 6) is -0.304. The number of epoxide rings is 1. The molecule has 2 rings (SSSR count). The molecule has 2 atom stereocenters. The van der Waals surface area contributed by atoms with E-state index in [1.165, 1.54) is 7.11 Å². The van der Waals surface area contributed by atoms with E-state index in [4.69, 9.17) is 9.47 Å². The molecule has 62 valence electrons. The van der Waals surface area contributed by atoms with Gasteiger partial charge < -0.3 is 14.2 Å². The number of carbonyl (C=O) groups excluding carboxylic acids is 1. The van der Waals surface area contributed by atoms with Crippen molar-refractivity contribution in [2.24, 2.45) is 0 Å². The summed E-state index contributed by atoms with van der Waals surface area (Å²) in [5, 5.41) is 0.